The third kappa shape index (κ3) is 4.70. The first kappa shape index (κ1) is 19.0. The molecule has 0 atom stereocenters. The average molecular weight is 361 g/mol. The van der Waals surface area contributed by atoms with Crippen LogP contribution in [0.15, 0.2) is 18.2 Å². The molecule has 0 saturated heterocycles. The Hall–Kier alpha value is -1.75. The second kappa shape index (κ2) is 8.76. The Balaban J connectivity index is 1.60. The minimum Gasteiger partial charge on any atom is -0.454 e. The molecule has 1 aliphatic carbocycles. The normalized spacial score (nSPS) is 18.1. The van der Waals surface area contributed by atoms with Crippen LogP contribution in [0.3, 0.4) is 0 Å². The van der Waals surface area contributed by atoms with Crippen LogP contribution in [-0.4, -0.2) is 32.5 Å². The highest BCUT2D eigenvalue weighted by atomic mass is 16.7. The first-order chi connectivity index (χ1) is 12.6. The lowest BCUT2D eigenvalue weighted by Gasteiger charge is -2.38. The van der Waals surface area contributed by atoms with Crippen LogP contribution < -0.4 is 14.8 Å². The van der Waals surface area contributed by atoms with E-state index in [0.717, 1.165) is 24.3 Å². The second-order valence-corrected chi connectivity index (χ2v) is 7.90. The summed E-state index contributed by atoms with van der Waals surface area (Å²) in [6, 6.07) is 6.23. The lowest BCUT2D eigenvalue weighted by Crippen LogP contribution is -2.42. The molecule has 2 aliphatic rings. The summed E-state index contributed by atoms with van der Waals surface area (Å²) in [5.41, 5.74) is 1.24. The van der Waals surface area contributed by atoms with Crippen LogP contribution in [-0.2, 0) is 14.9 Å². The smallest absolute Gasteiger partial charge is 0.231 e. The first-order valence-electron chi connectivity index (χ1n) is 9.84. The summed E-state index contributed by atoms with van der Waals surface area (Å²) < 4.78 is 16.5. The molecule has 1 aromatic rings. The number of ether oxygens (including phenoxy) is 3. The van der Waals surface area contributed by atoms with E-state index in [0.29, 0.717) is 38.9 Å². The Morgan fingerprint density at radius 3 is 2.73 bits per heavy atom. The number of hydrogen-bond donors (Lipinski definition) is 1. The van der Waals surface area contributed by atoms with Gasteiger partial charge in [-0.3, -0.25) is 4.79 Å². The number of hydrogen-bond acceptors (Lipinski definition) is 4. The zero-order chi connectivity index (χ0) is 18.4. The summed E-state index contributed by atoms with van der Waals surface area (Å²) in [6.45, 7) is 6.38. The van der Waals surface area contributed by atoms with Crippen molar-refractivity contribution in [3.05, 3.63) is 23.8 Å². The molecule has 5 nitrogen and oxygen atoms in total. The quantitative estimate of drug-likeness (QED) is 0.716. The molecule has 3 rings (SSSR count). The van der Waals surface area contributed by atoms with Gasteiger partial charge in [-0.1, -0.05) is 39.2 Å². The van der Waals surface area contributed by atoms with Crippen LogP contribution in [0.1, 0.15) is 57.9 Å². The zero-order valence-corrected chi connectivity index (χ0v) is 16.0. The van der Waals surface area contributed by atoms with Gasteiger partial charge in [-0.15, -0.1) is 0 Å². The summed E-state index contributed by atoms with van der Waals surface area (Å²) in [7, 11) is 0. The van der Waals surface area contributed by atoms with Crippen molar-refractivity contribution in [2.24, 2.45) is 5.92 Å². The molecule has 1 saturated carbocycles. The molecule has 26 heavy (non-hydrogen) atoms. The van der Waals surface area contributed by atoms with E-state index in [1.807, 2.05) is 6.07 Å². The van der Waals surface area contributed by atoms with Crippen molar-refractivity contribution in [3.8, 4) is 11.5 Å². The van der Waals surface area contributed by atoms with Gasteiger partial charge in [0.1, 0.15) is 0 Å². The third-order valence-corrected chi connectivity index (χ3v) is 5.34. The highest BCUT2D eigenvalue weighted by Gasteiger charge is 2.35. The Labute approximate surface area is 156 Å². The molecular weight excluding hydrogens is 330 g/mol. The molecule has 1 aromatic carbocycles. The van der Waals surface area contributed by atoms with Crippen molar-refractivity contribution in [3.63, 3.8) is 0 Å². The molecule has 0 unspecified atom stereocenters. The fraction of sp³-hybridized carbons (Fsp3) is 0.667. The minimum atomic E-state index is -0.00627. The van der Waals surface area contributed by atoms with E-state index < -0.39 is 0 Å². The van der Waals surface area contributed by atoms with Crippen molar-refractivity contribution in [1.29, 1.82) is 0 Å². The van der Waals surface area contributed by atoms with Crippen molar-refractivity contribution in [2.45, 2.75) is 57.8 Å². The molecule has 1 N–H and O–H groups in total. The van der Waals surface area contributed by atoms with Gasteiger partial charge < -0.3 is 19.5 Å². The maximum atomic E-state index is 12.3. The van der Waals surface area contributed by atoms with Crippen molar-refractivity contribution >= 4 is 5.91 Å². The summed E-state index contributed by atoms with van der Waals surface area (Å²) in [5.74, 6) is 2.20. The van der Waals surface area contributed by atoms with Gasteiger partial charge >= 0.3 is 0 Å². The number of rotatable bonds is 8. The number of benzene rings is 1. The van der Waals surface area contributed by atoms with Gasteiger partial charge in [0.2, 0.25) is 12.7 Å². The lowest BCUT2D eigenvalue weighted by molar-refractivity contribution is -0.122. The monoisotopic (exact) mass is 361 g/mol. The van der Waals surface area contributed by atoms with Crippen LogP contribution in [0, 0.1) is 5.92 Å². The maximum Gasteiger partial charge on any atom is 0.231 e. The molecule has 0 aromatic heterocycles. The predicted octanol–water partition coefficient (Wildman–Crippen LogP) is 3.80. The fourth-order valence-electron chi connectivity index (χ4n) is 3.86. The zero-order valence-electron chi connectivity index (χ0n) is 16.0. The van der Waals surface area contributed by atoms with Crippen LogP contribution in [0.4, 0.5) is 0 Å². The van der Waals surface area contributed by atoms with Crippen molar-refractivity contribution in [2.75, 3.05) is 26.6 Å². The molecule has 1 aliphatic heterocycles. The summed E-state index contributed by atoms with van der Waals surface area (Å²) in [6.07, 6.45) is 6.27. The van der Waals surface area contributed by atoms with Gasteiger partial charge in [0.25, 0.3) is 0 Å². The molecule has 0 radical (unpaired) electrons. The van der Waals surface area contributed by atoms with E-state index in [4.69, 9.17) is 14.2 Å². The van der Waals surface area contributed by atoms with E-state index in [1.165, 1.54) is 24.8 Å². The SMILES string of the molecule is CC(C)COCCC(=O)NCC1(c2ccc3c(c2)OCO3)CCCCC1. The first-order valence-corrected chi connectivity index (χ1v) is 9.84. The van der Waals surface area contributed by atoms with Crippen molar-refractivity contribution < 1.29 is 19.0 Å². The maximum absolute atomic E-state index is 12.3. The summed E-state index contributed by atoms with van der Waals surface area (Å²) in [5, 5.41) is 3.16. The Morgan fingerprint density at radius 1 is 1.19 bits per heavy atom. The topological polar surface area (TPSA) is 56.8 Å². The average Bonchev–Trinajstić information content (AvgIpc) is 3.12. The fourth-order valence-corrected chi connectivity index (χ4v) is 3.86. The van der Waals surface area contributed by atoms with Crippen LogP contribution >= 0.6 is 0 Å². The molecule has 5 heteroatoms. The van der Waals surface area contributed by atoms with Gasteiger partial charge in [-0.05, 0) is 36.5 Å². The highest BCUT2D eigenvalue weighted by Crippen LogP contribution is 2.43. The highest BCUT2D eigenvalue weighted by molar-refractivity contribution is 5.76. The van der Waals surface area contributed by atoms with Gasteiger partial charge in [-0.2, -0.15) is 0 Å². The summed E-state index contributed by atoms with van der Waals surface area (Å²) in [4.78, 5) is 12.3. The van der Waals surface area contributed by atoms with Gasteiger partial charge in [0.15, 0.2) is 11.5 Å². The second-order valence-electron chi connectivity index (χ2n) is 7.90. The summed E-state index contributed by atoms with van der Waals surface area (Å²) >= 11 is 0. The van der Waals surface area contributed by atoms with Crippen LogP contribution in [0.2, 0.25) is 0 Å². The Bertz CT molecular complexity index is 608. The number of nitrogens with one attached hydrogen (secondary N) is 1. The standard InChI is InChI=1S/C21H31NO4/c1-16(2)13-24-11-8-20(23)22-14-21(9-4-3-5-10-21)17-6-7-18-19(12-17)26-15-25-18/h6-7,12,16H,3-5,8-11,13-15H2,1-2H3,(H,22,23). The van der Waals surface area contributed by atoms with Crippen molar-refractivity contribution in [1.82, 2.24) is 5.32 Å². The molecule has 0 bridgehead atoms. The van der Waals surface area contributed by atoms with Gasteiger partial charge in [0.05, 0.1) is 6.61 Å². The molecule has 1 fully saturated rings. The number of carbonyl (C=O) groups is 1. The molecule has 1 heterocycles. The van der Waals surface area contributed by atoms with Crippen LogP contribution in [0.5, 0.6) is 11.5 Å². The van der Waals surface area contributed by atoms with E-state index in [1.54, 1.807) is 0 Å². The third-order valence-electron chi connectivity index (χ3n) is 5.34. The molecular formula is C21H31NO4. The number of amides is 1. The number of carbonyl (C=O) groups excluding carboxylic acids is 1. The Kier molecular flexibility index (Phi) is 6.41. The van der Waals surface area contributed by atoms with Gasteiger partial charge in [0, 0.05) is 25.0 Å². The van der Waals surface area contributed by atoms with E-state index >= 15 is 0 Å². The van der Waals surface area contributed by atoms with Gasteiger partial charge in [-0.25, -0.2) is 0 Å². The van der Waals surface area contributed by atoms with E-state index in [-0.39, 0.29) is 11.3 Å². The number of fused-ring (bicyclic) bond motifs is 1. The molecule has 1 amide bonds. The largest absolute Gasteiger partial charge is 0.454 e. The van der Waals surface area contributed by atoms with E-state index in [2.05, 4.69) is 31.3 Å². The molecule has 144 valence electrons. The molecule has 0 spiro atoms. The Morgan fingerprint density at radius 2 is 1.96 bits per heavy atom. The lowest BCUT2D eigenvalue weighted by atomic mass is 9.69. The van der Waals surface area contributed by atoms with E-state index in [9.17, 15) is 4.79 Å². The minimum absolute atomic E-state index is 0.00627. The predicted molar refractivity (Wildman–Crippen MR) is 101 cm³/mol. The van der Waals surface area contributed by atoms with Crippen LogP contribution in [0.25, 0.3) is 0 Å².